The first-order valence-corrected chi connectivity index (χ1v) is 7.71. The van der Waals surface area contributed by atoms with Gasteiger partial charge in [-0.15, -0.1) is 0 Å². The number of piperidine rings is 1. The Bertz CT molecular complexity index is 716. The smallest absolute Gasteiger partial charge is 0.269 e. The zero-order valence-electron chi connectivity index (χ0n) is 12.7. The second kappa shape index (κ2) is 7.04. The Labute approximate surface area is 133 Å². The first-order valence-electron chi connectivity index (χ1n) is 7.71. The molecule has 7 heteroatoms. The minimum Gasteiger partial charge on any atom is -0.356 e. The fourth-order valence-electron chi connectivity index (χ4n) is 2.80. The molecular formula is C16H19N5O2. The van der Waals surface area contributed by atoms with Crippen molar-refractivity contribution in [2.45, 2.75) is 12.8 Å². The molecule has 0 spiro atoms. The maximum absolute atomic E-state index is 12.0. The van der Waals surface area contributed by atoms with Crippen LogP contribution >= 0.6 is 0 Å². The summed E-state index contributed by atoms with van der Waals surface area (Å²) in [5.74, 6) is 0.865. The Balaban J connectivity index is 1.57. The molecule has 1 unspecified atom stereocenters. The van der Waals surface area contributed by atoms with E-state index in [-0.39, 0.29) is 11.5 Å². The predicted molar refractivity (Wildman–Crippen MR) is 86.4 cm³/mol. The van der Waals surface area contributed by atoms with Crippen molar-refractivity contribution in [2.75, 3.05) is 24.5 Å². The van der Waals surface area contributed by atoms with Crippen LogP contribution in [-0.4, -0.2) is 40.5 Å². The summed E-state index contributed by atoms with van der Waals surface area (Å²) in [4.78, 5) is 36.3. The van der Waals surface area contributed by atoms with Crippen LogP contribution in [0, 0.1) is 5.92 Å². The molecule has 0 radical (unpaired) electrons. The van der Waals surface area contributed by atoms with Crippen LogP contribution in [0.3, 0.4) is 0 Å². The lowest BCUT2D eigenvalue weighted by Gasteiger charge is -2.33. The van der Waals surface area contributed by atoms with E-state index >= 15 is 0 Å². The van der Waals surface area contributed by atoms with Crippen molar-refractivity contribution in [3.63, 3.8) is 0 Å². The molecular weight excluding hydrogens is 294 g/mol. The molecule has 0 saturated carbocycles. The zero-order valence-corrected chi connectivity index (χ0v) is 12.7. The molecule has 1 fully saturated rings. The van der Waals surface area contributed by atoms with Gasteiger partial charge in [0.2, 0.25) is 0 Å². The summed E-state index contributed by atoms with van der Waals surface area (Å²) < 4.78 is 0. The fraction of sp³-hybridized carbons (Fsp3) is 0.375. The molecule has 3 rings (SSSR count). The van der Waals surface area contributed by atoms with Crippen molar-refractivity contribution in [2.24, 2.45) is 5.92 Å². The lowest BCUT2D eigenvalue weighted by atomic mass is 9.98. The minimum absolute atomic E-state index is 0.152. The van der Waals surface area contributed by atoms with Crippen LogP contribution in [0.15, 0.2) is 41.6 Å². The highest BCUT2D eigenvalue weighted by Crippen LogP contribution is 2.20. The summed E-state index contributed by atoms with van der Waals surface area (Å²) in [6, 6.07) is 6.78. The van der Waals surface area contributed by atoms with Crippen LogP contribution in [0.25, 0.3) is 0 Å². The average molecular weight is 313 g/mol. The van der Waals surface area contributed by atoms with E-state index in [0.29, 0.717) is 24.0 Å². The topological polar surface area (TPSA) is 91.0 Å². The van der Waals surface area contributed by atoms with Gasteiger partial charge in [0.15, 0.2) is 0 Å². The number of anilines is 1. The lowest BCUT2D eigenvalue weighted by Crippen LogP contribution is -2.41. The molecule has 0 aliphatic carbocycles. The number of H-pyrrole nitrogens is 1. The van der Waals surface area contributed by atoms with E-state index in [0.717, 1.165) is 25.9 Å². The van der Waals surface area contributed by atoms with Crippen molar-refractivity contribution in [3.05, 3.63) is 52.8 Å². The molecule has 120 valence electrons. The molecule has 7 nitrogen and oxygen atoms in total. The zero-order chi connectivity index (χ0) is 16.1. The van der Waals surface area contributed by atoms with E-state index in [2.05, 4.69) is 25.2 Å². The molecule has 1 amide bonds. The minimum atomic E-state index is -0.156. The molecule has 3 heterocycles. The Kier molecular flexibility index (Phi) is 4.65. The summed E-state index contributed by atoms with van der Waals surface area (Å²) in [5.41, 5.74) is 0.275. The summed E-state index contributed by atoms with van der Waals surface area (Å²) in [5, 5.41) is 2.94. The second-order valence-electron chi connectivity index (χ2n) is 5.65. The van der Waals surface area contributed by atoms with Gasteiger partial charge in [-0.3, -0.25) is 14.6 Å². The van der Waals surface area contributed by atoms with Crippen molar-refractivity contribution in [1.29, 1.82) is 0 Å². The first-order chi connectivity index (χ1) is 11.2. The average Bonchev–Trinajstić information content (AvgIpc) is 2.61. The van der Waals surface area contributed by atoms with Gasteiger partial charge in [0.05, 0.1) is 6.33 Å². The molecule has 1 aliphatic heterocycles. The molecule has 1 atom stereocenters. The number of rotatable bonds is 4. The Morgan fingerprint density at radius 1 is 1.39 bits per heavy atom. The van der Waals surface area contributed by atoms with E-state index in [4.69, 9.17) is 0 Å². The highest BCUT2D eigenvalue weighted by Gasteiger charge is 2.22. The summed E-state index contributed by atoms with van der Waals surface area (Å²) in [6.07, 6.45) is 5.08. The number of aromatic amines is 1. The van der Waals surface area contributed by atoms with Crippen molar-refractivity contribution >= 4 is 11.7 Å². The third kappa shape index (κ3) is 3.94. The molecule has 2 aromatic heterocycles. The number of hydrogen-bond donors (Lipinski definition) is 2. The van der Waals surface area contributed by atoms with E-state index in [1.807, 2.05) is 0 Å². The van der Waals surface area contributed by atoms with Crippen LogP contribution in [0.4, 0.5) is 5.82 Å². The summed E-state index contributed by atoms with van der Waals surface area (Å²) >= 11 is 0. The van der Waals surface area contributed by atoms with Crippen LogP contribution in [0.1, 0.15) is 23.3 Å². The number of carbonyl (C=O) groups excluding carboxylic acids is 1. The van der Waals surface area contributed by atoms with Gasteiger partial charge in [0.25, 0.3) is 11.5 Å². The van der Waals surface area contributed by atoms with Gasteiger partial charge in [-0.05, 0) is 30.9 Å². The molecule has 0 bridgehead atoms. The third-order valence-corrected chi connectivity index (χ3v) is 3.96. The van der Waals surface area contributed by atoms with Gasteiger partial charge < -0.3 is 15.2 Å². The highest BCUT2D eigenvalue weighted by molar-refractivity contribution is 5.92. The summed E-state index contributed by atoms with van der Waals surface area (Å²) in [7, 11) is 0. The predicted octanol–water partition coefficient (Wildman–Crippen LogP) is 0.811. The molecule has 23 heavy (non-hydrogen) atoms. The maximum Gasteiger partial charge on any atom is 0.269 e. The van der Waals surface area contributed by atoms with Crippen molar-refractivity contribution in [1.82, 2.24) is 20.3 Å². The molecule has 2 aromatic rings. The van der Waals surface area contributed by atoms with Crippen LogP contribution in [0.5, 0.6) is 0 Å². The van der Waals surface area contributed by atoms with E-state index in [9.17, 15) is 9.59 Å². The van der Waals surface area contributed by atoms with Gasteiger partial charge >= 0.3 is 0 Å². The van der Waals surface area contributed by atoms with Crippen LogP contribution in [-0.2, 0) is 0 Å². The molecule has 1 saturated heterocycles. The number of pyridine rings is 1. The first kappa shape index (κ1) is 15.2. The van der Waals surface area contributed by atoms with Crippen molar-refractivity contribution in [3.8, 4) is 0 Å². The lowest BCUT2D eigenvalue weighted by molar-refractivity contribution is 0.0940. The second-order valence-corrected chi connectivity index (χ2v) is 5.65. The van der Waals surface area contributed by atoms with Gasteiger partial charge in [0, 0.05) is 31.9 Å². The van der Waals surface area contributed by atoms with Crippen molar-refractivity contribution < 1.29 is 4.79 Å². The molecule has 0 aromatic carbocycles. The van der Waals surface area contributed by atoms with Crippen LogP contribution in [0.2, 0.25) is 0 Å². The van der Waals surface area contributed by atoms with Gasteiger partial charge in [-0.25, -0.2) is 4.98 Å². The number of hydrogen-bond acceptors (Lipinski definition) is 5. The molecule has 1 aliphatic rings. The summed E-state index contributed by atoms with van der Waals surface area (Å²) in [6.45, 7) is 2.25. The number of carbonyl (C=O) groups is 1. The number of nitrogens with zero attached hydrogens (tertiary/aromatic N) is 3. The Morgan fingerprint density at radius 3 is 3.09 bits per heavy atom. The number of amides is 1. The van der Waals surface area contributed by atoms with E-state index < -0.39 is 0 Å². The van der Waals surface area contributed by atoms with Gasteiger partial charge in [-0.1, -0.05) is 6.07 Å². The fourth-order valence-corrected chi connectivity index (χ4v) is 2.80. The SMILES string of the molecule is O=C(NCC1CCCN(c2cc(=O)[nH]cn2)C1)c1ccccn1. The Morgan fingerprint density at radius 2 is 2.30 bits per heavy atom. The van der Waals surface area contributed by atoms with Crippen LogP contribution < -0.4 is 15.8 Å². The van der Waals surface area contributed by atoms with E-state index in [1.165, 1.54) is 12.4 Å². The quantitative estimate of drug-likeness (QED) is 0.872. The normalized spacial score (nSPS) is 17.7. The highest BCUT2D eigenvalue weighted by atomic mass is 16.1. The van der Waals surface area contributed by atoms with Gasteiger partial charge in [0.1, 0.15) is 11.5 Å². The largest absolute Gasteiger partial charge is 0.356 e. The standard InChI is InChI=1S/C16H19N5O2/c22-15-8-14(19-11-20-15)21-7-3-4-12(10-21)9-18-16(23)13-5-1-2-6-17-13/h1-2,5-6,8,11-12H,3-4,7,9-10H2,(H,18,23)(H,19,20,22). The maximum atomic E-state index is 12.0. The van der Waals surface area contributed by atoms with Gasteiger partial charge in [-0.2, -0.15) is 0 Å². The third-order valence-electron chi connectivity index (χ3n) is 3.96. The Hall–Kier alpha value is -2.70. The monoisotopic (exact) mass is 313 g/mol. The number of nitrogens with one attached hydrogen (secondary N) is 2. The molecule has 2 N–H and O–H groups in total. The van der Waals surface area contributed by atoms with E-state index in [1.54, 1.807) is 24.4 Å². The number of aromatic nitrogens is 3.